The van der Waals surface area contributed by atoms with Gasteiger partial charge in [0.25, 0.3) is 0 Å². The van der Waals surface area contributed by atoms with Crippen molar-refractivity contribution < 1.29 is 48.5 Å². The number of carbonyl (C=O) groups excluding carboxylic acids is 1. The fourth-order valence-electron chi connectivity index (χ4n) is 6.08. The van der Waals surface area contributed by atoms with E-state index in [0.29, 0.717) is 25.7 Å². The molecule has 4 aliphatic rings. The second kappa shape index (κ2) is 15.9. The van der Waals surface area contributed by atoms with Crippen LogP contribution in [0.3, 0.4) is 0 Å². The molecule has 17 heteroatoms. The van der Waals surface area contributed by atoms with E-state index in [1.807, 2.05) is 0 Å². The van der Waals surface area contributed by atoms with Crippen molar-refractivity contribution in [2.75, 3.05) is 26.2 Å². The van der Waals surface area contributed by atoms with Gasteiger partial charge in [-0.1, -0.05) is 0 Å². The third-order valence-electron chi connectivity index (χ3n) is 8.61. The van der Waals surface area contributed by atoms with Crippen molar-refractivity contribution in [1.82, 2.24) is 5.32 Å². The number of nitrogens with one attached hydrogen (secondary N) is 1. The first-order chi connectivity index (χ1) is 20.6. The van der Waals surface area contributed by atoms with Crippen LogP contribution in [-0.2, 0) is 33.2 Å². The number of amides is 1. The van der Waals surface area contributed by atoms with Crippen LogP contribution in [0.25, 0.3) is 0 Å². The third-order valence-corrected chi connectivity index (χ3v) is 8.61. The molecule has 1 saturated carbocycles. The first-order valence-corrected chi connectivity index (χ1v) is 15.2. The molecule has 250 valence electrons. The molecule has 4 fully saturated rings. The predicted molar refractivity (Wildman–Crippen MR) is 150 cm³/mol. The standard InChI is InChI=1S/C26H51N7O10/c27-6-5-18(35)33-16-7-15(32)21(41-24-13(30)3-1-11(8-28)38-24)23(19(16)36)43-26-20(37)22(17(10-34)40-26)42-25-14(31)4-2-12(9-29)39-25/h11-17,19-26,34,36-37H,1-10,27-32H2,(H,33,35). The number of ether oxygens (including phenoxy) is 6. The van der Waals surface area contributed by atoms with Gasteiger partial charge in [0.05, 0.1) is 36.9 Å². The van der Waals surface area contributed by atoms with Gasteiger partial charge in [-0.15, -0.1) is 0 Å². The van der Waals surface area contributed by atoms with Crippen LogP contribution in [0.5, 0.6) is 0 Å². The normalized spacial score (nSPS) is 45.7. The molecule has 3 heterocycles. The first kappa shape index (κ1) is 34.7. The zero-order chi connectivity index (χ0) is 31.3. The van der Waals surface area contributed by atoms with Gasteiger partial charge in [-0.3, -0.25) is 4.79 Å². The monoisotopic (exact) mass is 621 g/mol. The molecule has 1 aliphatic carbocycles. The molecule has 3 aliphatic heterocycles. The van der Waals surface area contributed by atoms with E-state index in [4.69, 9.17) is 62.8 Å². The molecular formula is C26H51N7O10. The van der Waals surface area contributed by atoms with Crippen LogP contribution in [0.1, 0.15) is 38.5 Å². The predicted octanol–water partition coefficient (Wildman–Crippen LogP) is -5.27. The highest BCUT2D eigenvalue weighted by Crippen LogP contribution is 2.34. The second-order valence-electron chi connectivity index (χ2n) is 11.8. The van der Waals surface area contributed by atoms with Crippen LogP contribution in [0, 0.1) is 0 Å². The van der Waals surface area contributed by atoms with Crippen LogP contribution < -0.4 is 39.7 Å². The van der Waals surface area contributed by atoms with Gasteiger partial charge < -0.3 is 83.5 Å². The Morgan fingerprint density at radius 2 is 1.30 bits per heavy atom. The Bertz CT molecular complexity index is 882. The molecule has 0 bridgehead atoms. The topological polar surface area (TPSA) is 301 Å². The van der Waals surface area contributed by atoms with Crippen molar-refractivity contribution >= 4 is 5.91 Å². The molecule has 1 amide bonds. The number of aliphatic hydroxyl groups is 3. The first-order valence-electron chi connectivity index (χ1n) is 15.2. The van der Waals surface area contributed by atoms with Gasteiger partial charge in [-0.05, 0) is 32.1 Å². The van der Waals surface area contributed by atoms with E-state index < -0.39 is 86.3 Å². The molecule has 43 heavy (non-hydrogen) atoms. The highest BCUT2D eigenvalue weighted by molar-refractivity contribution is 5.76. The van der Waals surface area contributed by atoms with Crippen molar-refractivity contribution in [3.8, 4) is 0 Å². The van der Waals surface area contributed by atoms with Crippen molar-refractivity contribution in [1.29, 1.82) is 0 Å². The number of carbonyl (C=O) groups is 1. The summed E-state index contributed by atoms with van der Waals surface area (Å²) in [5.74, 6) is -0.370. The van der Waals surface area contributed by atoms with E-state index in [0.717, 1.165) is 0 Å². The van der Waals surface area contributed by atoms with Crippen molar-refractivity contribution in [3.05, 3.63) is 0 Å². The Morgan fingerprint density at radius 1 is 0.744 bits per heavy atom. The number of hydrogen-bond donors (Lipinski definition) is 10. The molecule has 0 spiro atoms. The average Bonchev–Trinajstić information content (AvgIpc) is 3.28. The molecular weight excluding hydrogens is 570 g/mol. The molecule has 0 aromatic heterocycles. The van der Waals surface area contributed by atoms with Crippen LogP contribution >= 0.6 is 0 Å². The van der Waals surface area contributed by atoms with Crippen molar-refractivity contribution in [2.45, 2.75) is 130 Å². The molecule has 4 rings (SSSR count). The minimum atomic E-state index is -1.43. The summed E-state index contributed by atoms with van der Waals surface area (Å²) in [6.07, 6.45) is -8.09. The fraction of sp³-hybridized carbons (Fsp3) is 0.962. The molecule has 17 nitrogen and oxygen atoms in total. The van der Waals surface area contributed by atoms with E-state index in [-0.39, 0.29) is 50.6 Å². The van der Waals surface area contributed by atoms with Gasteiger partial charge in [0, 0.05) is 32.1 Å². The smallest absolute Gasteiger partial charge is 0.221 e. The molecule has 0 aromatic carbocycles. The number of nitrogens with two attached hydrogens (primary N) is 6. The van der Waals surface area contributed by atoms with Crippen LogP contribution in [0.15, 0.2) is 0 Å². The van der Waals surface area contributed by atoms with Crippen molar-refractivity contribution in [2.24, 2.45) is 34.4 Å². The lowest BCUT2D eigenvalue weighted by molar-refractivity contribution is -0.288. The summed E-state index contributed by atoms with van der Waals surface area (Å²) >= 11 is 0. The Morgan fingerprint density at radius 3 is 1.84 bits per heavy atom. The minimum absolute atomic E-state index is 0.0488. The van der Waals surface area contributed by atoms with Gasteiger partial charge in [-0.25, -0.2) is 0 Å². The quantitative estimate of drug-likeness (QED) is 0.0973. The number of hydrogen-bond acceptors (Lipinski definition) is 16. The Kier molecular flexibility index (Phi) is 12.9. The lowest BCUT2D eigenvalue weighted by Crippen LogP contribution is -2.66. The Labute approximate surface area is 251 Å². The van der Waals surface area contributed by atoms with E-state index >= 15 is 0 Å². The third kappa shape index (κ3) is 8.37. The maximum absolute atomic E-state index is 12.4. The Hall–Kier alpha value is -1.13. The summed E-state index contributed by atoms with van der Waals surface area (Å²) in [6.45, 7) is 0.154. The SMILES string of the molecule is NCCC(=O)NC1CC(N)C(OC2OC(CN)CCC2N)C(OC2OC(CO)C(OC3OC(CN)CCC3N)C2O)C1O. The number of rotatable bonds is 12. The molecule has 0 aromatic rings. The largest absolute Gasteiger partial charge is 0.394 e. The summed E-state index contributed by atoms with van der Waals surface area (Å²) in [4.78, 5) is 12.4. The average molecular weight is 622 g/mol. The molecule has 16 N–H and O–H groups in total. The van der Waals surface area contributed by atoms with Crippen molar-refractivity contribution in [3.63, 3.8) is 0 Å². The van der Waals surface area contributed by atoms with Gasteiger partial charge in [-0.2, -0.15) is 0 Å². The maximum Gasteiger partial charge on any atom is 0.221 e. The molecule has 15 atom stereocenters. The van der Waals surface area contributed by atoms with Gasteiger partial charge in [0.2, 0.25) is 5.91 Å². The fourth-order valence-corrected chi connectivity index (χ4v) is 6.08. The summed E-state index contributed by atoms with van der Waals surface area (Å²) in [6, 6.07) is -2.55. The van der Waals surface area contributed by atoms with Crippen LogP contribution in [0.2, 0.25) is 0 Å². The Balaban J connectivity index is 1.52. The minimum Gasteiger partial charge on any atom is -0.394 e. The lowest BCUT2D eigenvalue weighted by atomic mass is 9.83. The van der Waals surface area contributed by atoms with E-state index in [2.05, 4.69) is 5.32 Å². The van der Waals surface area contributed by atoms with Gasteiger partial charge in [0.1, 0.15) is 36.6 Å². The summed E-state index contributed by atoms with van der Waals surface area (Å²) in [5, 5.41) is 35.5. The van der Waals surface area contributed by atoms with Crippen LogP contribution in [-0.4, -0.2) is 139 Å². The molecule has 15 unspecified atom stereocenters. The molecule has 0 radical (unpaired) electrons. The van der Waals surface area contributed by atoms with E-state index in [1.54, 1.807) is 0 Å². The summed E-state index contributed by atoms with van der Waals surface area (Å²) < 4.78 is 36.1. The highest BCUT2D eigenvalue weighted by atomic mass is 16.8. The van der Waals surface area contributed by atoms with E-state index in [1.165, 1.54) is 0 Å². The van der Waals surface area contributed by atoms with Gasteiger partial charge >= 0.3 is 0 Å². The van der Waals surface area contributed by atoms with Crippen LogP contribution in [0.4, 0.5) is 0 Å². The lowest BCUT2D eigenvalue weighted by Gasteiger charge is -2.46. The number of aliphatic hydroxyl groups excluding tert-OH is 3. The second-order valence-corrected chi connectivity index (χ2v) is 11.8. The highest BCUT2D eigenvalue weighted by Gasteiger charge is 2.53. The maximum atomic E-state index is 12.4. The van der Waals surface area contributed by atoms with Gasteiger partial charge in [0.15, 0.2) is 18.9 Å². The summed E-state index contributed by atoms with van der Waals surface area (Å²) in [7, 11) is 0. The zero-order valence-corrected chi connectivity index (χ0v) is 24.4. The zero-order valence-electron chi connectivity index (χ0n) is 24.4. The molecule has 3 saturated heterocycles. The summed E-state index contributed by atoms with van der Waals surface area (Å²) in [5.41, 5.74) is 36.1. The van der Waals surface area contributed by atoms with E-state index in [9.17, 15) is 20.1 Å².